The zero-order valence-electron chi connectivity index (χ0n) is 10.5. The molecule has 0 aliphatic carbocycles. The minimum Gasteiger partial charge on any atom is -0.489 e. The Balaban J connectivity index is 2.05. The van der Waals surface area contributed by atoms with Crippen molar-refractivity contribution in [3.05, 3.63) is 24.0 Å². The lowest BCUT2D eigenvalue weighted by Gasteiger charge is -2.20. The van der Waals surface area contributed by atoms with Crippen molar-refractivity contribution >= 4 is 5.69 Å². The lowest BCUT2D eigenvalue weighted by Crippen LogP contribution is -2.18. The van der Waals surface area contributed by atoms with E-state index < -0.39 is 0 Å². The highest BCUT2D eigenvalue weighted by Gasteiger charge is 2.18. The molecule has 0 amide bonds. The third-order valence-electron chi connectivity index (χ3n) is 2.97. The summed E-state index contributed by atoms with van der Waals surface area (Å²) in [6.45, 7) is 5.68. The molecule has 0 saturated heterocycles. The van der Waals surface area contributed by atoms with Gasteiger partial charge in [-0.25, -0.2) is 4.98 Å². The molecule has 0 radical (unpaired) electrons. The summed E-state index contributed by atoms with van der Waals surface area (Å²) in [5.74, 6) is 2.77. The lowest BCUT2D eigenvalue weighted by atomic mass is 10.1. The molecule has 3 rings (SSSR count). The third-order valence-corrected chi connectivity index (χ3v) is 2.97. The molecule has 1 aliphatic rings. The molecule has 0 spiro atoms. The molecule has 1 aromatic carbocycles. The van der Waals surface area contributed by atoms with Gasteiger partial charge in [-0.2, -0.15) is 5.10 Å². The number of nitrogens with zero attached hydrogens (tertiary/aromatic N) is 2. The van der Waals surface area contributed by atoms with E-state index in [2.05, 4.69) is 34.3 Å². The van der Waals surface area contributed by atoms with Crippen LogP contribution in [0.5, 0.6) is 5.75 Å². The van der Waals surface area contributed by atoms with Crippen LogP contribution in [0.15, 0.2) is 18.2 Å². The fourth-order valence-corrected chi connectivity index (χ4v) is 2.00. The molecular formula is C13H16N4O. The average Bonchev–Trinajstić information content (AvgIpc) is 2.87. The molecule has 94 valence electrons. The van der Waals surface area contributed by atoms with Crippen molar-refractivity contribution in [3.8, 4) is 17.1 Å². The van der Waals surface area contributed by atoms with Gasteiger partial charge in [-0.05, 0) is 12.1 Å². The summed E-state index contributed by atoms with van der Waals surface area (Å²) in [4.78, 5) is 4.51. The highest BCUT2D eigenvalue weighted by molar-refractivity contribution is 5.75. The van der Waals surface area contributed by atoms with Crippen LogP contribution in [0, 0.1) is 0 Å². The summed E-state index contributed by atoms with van der Waals surface area (Å²) in [7, 11) is 0. The van der Waals surface area contributed by atoms with Gasteiger partial charge < -0.3 is 10.1 Å². The maximum Gasteiger partial charge on any atom is 0.184 e. The summed E-state index contributed by atoms with van der Waals surface area (Å²) in [5.41, 5.74) is 1.94. The fraction of sp³-hybridized carbons (Fsp3) is 0.385. The minimum absolute atomic E-state index is 0.338. The van der Waals surface area contributed by atoms with Gasteiger partial charge >= 0.3 is 0 Å². The van der Waals surface area contributed by atoms with Gasteiger partial charge in [0.1, 0.15) is 12.4 Å². The molecule has 0 fully saturated rings. The molecule has 0 unspecified atom stereocenters. The monoisotopic (exact) mass is 244 g/mol. The Morgan fingerprint density at radius 3 is 3.00 bits per heavy atom. The standard InChI is InChI=1S/C13H16N4O/c1-8(2)12-15-13(17-16-12)9-4-3-5-10-11(9)18-7-6-14-10/h3-5,8,14H,6-7H2,1-2H3,(H,15,16,17). The number of benzene rings is 1. The van der Waals surface area contributed by atoms with Crippen molar-refractivity contribution < 1.29 is 4.74 Å². The van der Waals surface area contributed by atoms with Crippen LogP contribution in [-0.2, 0) is 0 Å². The van der Waals surface area contributed by atoms with E-state index in [1.165, 1.54) is 0 Å². The quantitative estimate of drug-likeness (QED) is 0.851. The van der Waals surface area contributed by atoms with E-state index in [1.807, 2.05) is 18.2 Å². The molecule has 2 N–H and O–H groups in total. The number of nitrogens with one attached hydrogen (secondary N) is 2. The number of fused-ring (bicyclic) bond motifs is 1. The predicted molar refractivity (Wildman–Crippen MR) is 69.9 cm³/mol. The Morgan fingerprint density at radius 2 is 2.22 bits per heavy atom. The Labute approximate surface area is 106 Å². The summed E-state index contributed by atoms with van der Waals surface area (Å²) >= 11 is 0. The number of aromatic nitrogens is 3. The topological polar surface area (TPSA) is 62.8 Å². The first kappa shape index (κ1) is 11.1. The lowest BCUT2D eigenvalue weighted by molar-refractivity contribution is 0.324. The summed E-state index contributed by atoms with van der Waals surface area (Å²) < 4.78 is 5.72. The molecule has 1 aliphatic heterocycles. The first-order valence-corrected chi connectivity index (χ1v) is 6.18. The molecule has 5 nitrogen and oxygen atoms in total. The van der Waals surface area contributed by atoms with Crippen LogP contribution in [-0.4, -0.2) is 28.3 Å². The van der Waals surface area contributed by atoms with Crippen molar-refractivity contribution in [2.75, 3.05) is 18.5 Å². The Kier molecular flexibility index (Phi) is 2.66. The van der Waals surface area contributed by atoms with Gasteiger partial charge in [-0.15, -0.1) is 0 Å². The molecule has 2 heterocycles. The molecule has 18 heavy (non-hydrogen) atoms. The van der Waals surface area contributed by atoms with E-state index in [0.717, 1.165) is 29.4 Å². The second-order valence-corrected chi connectivity index (χ2v) is 4.66. The van der Waals surface area contributed by atoms with Crippen molar-refractivity contribution in [2.24, 2.45) is 0 Å². The fourth-order valence-electron chi connectivity index (χ4n) is 2.00. The van der Waals surface area contributed by atoms with E-state index in [1.54, 1.807) is 0 Å². The highest BCUT2D eigenvalue weighted by Crippen LogP contribution is 2.36. The van der Waals surface area contributed by atoms with Crippen molar-refractivity contribution in [3.63, 3.8) is 0 Å². The zero-order valence-corrected chi connectivity index (χ0v) is 10.5. The van der Waals surface area contributed by atoms with Crippen molar-refractivity contribution in [1.29, 1.82) is 0 Å². The molecule has 0 atom stereocenters. The predicted octanol–water partition coefficient (Wildman–Crippen LogP) is 2.40. The van der Waals surface area contributed by atoms with Crippen LogP contribution in [0.25, 0.3) is 11.4 Å². The van der Waals surface area contributed by atoms with Crippen molar-refractivity contribution in [1.82, 2.24) is 15.2 Å². The molecule has 1 aromatic heterocycles. The normalized spacial score (nSPS) is 13.9. The number of rotatable bonds is 2. The van der Waals surface area contributed by atoms with Crippen LogP contribution < -0.4 is 10.1 Å². The molecule has 0 bridgehead atoms. The van der Waals surface area contributed by atoms with Crippen LogP contribution in [0.3, 0.4) is 0 Å². The maximum atomic E-state index is 5.72. The molecule has 0 saturated carbocycles. The van der Waals surface area contributed by atoms with E-state index in [9.17, 15) is 0 Å². The van der Waals surface area contributed by atoms with Gasteiger partial charge in [-0.3, -0.25) is 5.10 Å². The van der Waals surface area contributed by atoms with E-state index in [4.69, 9.17) is 4.74 Å². The van der Waals surface area contributed by atoms with Gasteiger partial charge in [0.25, 0.3) is 0 Å². The van der Waals surface area contributed by atoms with E-state index in [0.29, 0.717) is 18.3 Å². The largest absolute Gasteiger partial charge is 0.489 e. The number of anilines is 1. The summed E-state index contributed by atoms with van der Waals surface area (Å²) in [6.07, 6.45) is 0. The first-order valence-electron chi connectivity index (χ1n) is 6.18. The number of aromatic amines is 1. The number of hydrogen-bond acceptors (Lipinski definition) is 4. The number of ether oxygens (including phenoxy) is 1. The van der Waals surface area contributed by atoms with Crippen LogP contribution in [0.1, 0.15) is 25.6 Å². The molecule has 2 aromatic rings. The molecule has 5 heteroatoms. The van der Waals surface area contributed by atoms with Crippen molar-refractivity contribution in [2.45, 2.75) is 19.8 Å². The average molecular weight is 244 g/mol. The smallest absolute Gasteiger partial charge is 0.184 e. The summed E-state index contributed by atoms with van der Waals surface area (Å²) in [5, 5.41) is 10.6. The first-order chi connectivity index (χ1) is 8.75. The number of H-pyrrole nitrogens is 1. The number of hydrogen-bond donors (Lipinski definition) is 2. The third kappa shape index (κ3) is 1.81. The second kappa shape index (κ2) is 4.33. The zero-order chi connectivity index (χ0) is 12.5. The SMILES string of the molecule is CC(C)c1nc(-c2cccc3c2OCCN3)n[nH]1. The Bertz CT molecular complexity index is 562. The number of para-hydroxylation sites is 1. The maximum absolute atomic E-state index is 5.72. The second-order valence-electron chi connectivity index (χ2n) is 4.66. The van der Waals surface area contributed by atoms with Crippen LogP contribution in [0.2, 0.25) is 0 Å². The van der Waals surface area contributed by atoms with E-state index >= 15 is 0 Å². The molecular weight excluding hydrogens is 228 g/mol. The van der Waals surface area contributed by atoms with Crippen LogP contribution in [0.4, 0.5) is 5.69 Å². The van der Waals surface area contributed by atoms with Crippen LogP contribution >= 0.6 is 0 Å². The minimum atomic E-state index is 0.338. The Morgan fingerprint density at radius 1 is 1.33 bits per heavy atom. The van der Waals surface area contributed by atoms with Gasteiger partial charge in [0, 0.05) is 12.5 Å². The Hall–Kier alpha value is -2.04. The van der Waals surface area contributed by atoms with E-state index in [-0.39, 0.29) is 0 Å². The highest BCUT2D eigenvalue weighted by atomic mass is 16.5. The van der Waals surface area contributed by atoms with Gasteiger partial charge in [0.15, 0.2) is 11.6 Å². The van der Waals surface area contributed by atoms with Gasteiger partial charge in [0.05, 0.1) is 11.3 Å². The van der Waals surface area contributed by atoms with Gasteiger partial charge in [-0.1, -0.05) is 19.9 Å². The summed E-state index contributed by atoms with van der Waals surface area (Å²) in [6, 6.07) is 5.98. The van der Waals surface area contributed by atoms with Gasteiger partial charge in [0.2, 0.25) is 0 Å².